The summed E-state index contributed by atoms with van der Waals surface area (Å²) < 4.78 is 43.1. The van der Waals surface area contributed by atoms with Crippen molar-refractivity contribution >= 4 is 35.6 Å². The molecule has 162 valence electrons. The fourth-order valence-corrected chi connectivity index (χ4v) is 2.63. The molecule has 7 nitrogen and oxygen atoms in total. The Labute approximate surface area is 188 Å². The number of hydrogen-bond donors (Lipinski definition) is 2. The zero-order chi connectivity index (χ0) is 20.7. The lowest BCUT2D eigenvalue weighted by Gasteiger charge is -2.12. The number of hydrogen-bond acceptors (Lipinski definition) is 4. The third-order valence-corrected chi connectivity index (χ3v) is 4.03. The monoisotopic (exact) mass is 534 g/mol. The Hall–Kier alpha value is -2.57. The minimum absolute atomic E-state index is 0. The van der Waals surface area contributed by atoms with E-state index in [4.69, 9.17) is 4.74 Å². The first-order valence-electron chi connectivity index (χ1n) is 8.96. The van der Waals surface area contributed by atoms with E-state index >= 15 is 0 Å². The predicted octanol–water partition coefficient (Wildman–Crippen LogP) is 3.20. The number of benzene rings is 1. The molecule has 3 rings (SSSR count). The van der Waals surface area contributed by atoms with E-state index in [0.717, 1.165) is 17.0 Å². The molecule has 0 radical (unpaired) electrons. The van der Waals surface area contributed by atoms with Crippen molar-refractivity contribution < 1.29 is 17.9 Å². The standard InChI is InChI=1S/C19H21F3N6O.HI/c1-23-18(24-10-9-17-27-26-16-4-2-3-11-28(16)17)25-12-14-5-7-15(8-6-14)29-13-19(20,21)22;/h2-8,11H,9-10,12-13H2,1H3,(H2,23,24,25);1H. The average molecular weight is 534 g/mol. The number of guanidine groups is 1. The van der Waals surface area contributed by atoms with Gasteiger partial charge in [-0.15, -0.1) is 34.2 Å². The van der Waals surface area contributed by atoms with Crippen LogP contribution in [0.5, 0.6) is 5.75 Å². The largest absolute Gasteiger partial charge is 0.484 e. The van der Waals surface area contributed by atoms with Gasteiger partial charge in [0, 0.05) is 32.8 Å². The number of nitrogens with one attached hydrogen (secondary N) is 2. The van der Waals surface area contributed by atoms with Gasteiger partial charge in [-0.05, 0) is 29.8 Å². The molecule has 1 aromatic carbocycles. The summed E-state index contributed by atoms with van der Waals surface area (Å²) in [5.74, 6) is 1.63. The van der Waals surface area contributed by atoms with Gasteiger partial charge in [0.15, 0.2) is 18.2 Å². The Morgan fingerprint density at radius 1 is 1.10 bits per heavy atom. The minimum atomic E-state index is -4.35. The fraction of sp³-hybridized carbons (Fsp3) is 0.316. The van der Waals surface area contributed by atoms with Gasteiger partial charge in [-0.2, -0.15) is 13.2 Å². The third-order valence-electron chi connectivity index (χ3n) is 4.03. The molecule has 2 heterocycles. The van der Waals surface area contributed by atoms with E-state index in [0.29, 0.717) is 25.5 Å². The first-order chi connectivity index (χ1) is 13.9. The summed E-state index contributed by atoms with van der Waals surface area (Å²) in [5, 5.41) is 14.6. The van der Waals surface area contributed by atoms with Crippen molar-refractivity contribution in [2.75, 3.05) is 20.2 Å². The highest BCUT2D eigenvalue weighted by Gasteiger charge is 2.28. The Morgan fingerprint density at radius 2 is 1.87 bits per heavy atom. The van der Waals surface area contributed by atoms with Gasteiger partial charge in [0.2, 0.25) is 0 Å². The Balaban J connectivity index is 0.00000320. The lowest BCUT2D eigenvalue weighted by Crippen LogP contribution is -2.38. The molecule has 0 saturated carbocycles. The lowest BCUT2D eigenvalue weighted by atomic mass is 10.2. The summed E-state index contributed by atoms with van der Waals surface area (Å²) in [4.78, 5) is 4.16. The Morgan fingerprint density at radius 3 is 2.57 bits per heavy atom. The van der Waals surface area contributed by atoms with Crippen molar-refractivity contribution in [3.63, 3.8) is 0 Å². The van der Waals surface area contributed by atoms with Crippen molar-refractivity contribution in [3.05, 3.63) is 60.0 Å². The summed E-state index contributed by atoms with van der Waals surface area (Å²) in [6.45, 7) is -0.227. The van der Waals surface area contributed by atoms with Crippen LogP contribution in [-0.4, -0.2) is 46.9 Å². The predicted molar refractivity (Wildman–Crippen MR) is 118 cm³/mol. The van der Waals surface area contributed by atoms with Gasteiger partial charge in [0.05, 0.1) is 0 Å². The second-order valence-electron chi connectivity index (χ2n) is 6.20. The summed E-state index contributed by atoms with van der Waals surface area (Å²) in [6, 6.07) is 12.2. The number of aromatic nitrogens is 3. The number of fused-ring (bicyclic) bond motifs is 1. The van der Waals surface area contributed by atoms with Gasteiger partial charge in [0.25, 0.3) is 0 Å². The van der Waals surface area contributed by atoms with Crippen LogP contribution < -0.4 is 15.4 Å². The van der Waals surface area contributed by atoms with Crippen molar-refractivity contribution in [2.24, 2.45) is 4.99 Å². The van der Waals surface area contributed by atoms with Crippen LogP contribution >= 0.6 is 24.0 Å². The highest BCUT2D eigenvalue weighted by Crippen LogP contribution is 2.18. The van der Waals surface area contributed by atoms with Gasteiger partial charge < -0.3 is 15.4 Å². The van der Waals surface area contributed by atoms with Crippen LogP contribution in [0.4, 0.5) is 13.2 Å². The number of nitrogens with zero attached hydrogens (tertiary/aromatic N) is 4. The molecule has 3 aromatic rings. The van der Waals surface area contributed by atoms with Crippen molar-refractivity contribution in [3.8, 4) is 5.75 Å². The molecule has 0 amide bonds. The van der Waals surface area contributed by atoms with Gasteiger partial charge >= 0.3 is 6.18 Å². The van der Waals surface area contributed by atoms with Crippen molar-refractivity contribution in [2.45, 2.75) is 19.1 Å². The summed E-state index contributed by atoms with van der Waals surface area (Å²) in [6.07, 6.45) is -1.77. The van der Waals surface area contributed by atoms with E-state index < -0.39 is 12.8 Å². The second-order valence-corrected chi connectivity index (χ2v) is 6.20. The van der Waals surface area contributed by atoms with Gasteiger partial charge in [-0.3, -0.25) is 9.39 Å². The van der Waals surface area contributed by atoms with E-state index in [1.54, 1.807) is 19.2 Å². The molecule has 0 bridgehead atoms. The quantitative estimate of drug-likeness (QED) is 0.277. The zero-order valence-corrected chi connectivity index (χ0v) is 18.5. The molecule has 11 heteroatoms. The van der Waals surface area contributed by atoms with Gasteiger partial charge in [-0.1, -0.05) is 18.2 Å². The van der Waals surface area contributed by atoms with Crippen LogP contribution in [0.3, 0.4) is 0 Å². The van der Waals surface area contributed by atoms with E-state index in [1.165, 1.54) is 12.1 Å². The highest BCUT2D eigenvalue weighted by atomic mass is 127. The number of pyridine rings is 1. The first-order valence-corrected chi connectivity index (χ1v) is 8.96. The van der Waals surface area contributed by atoms with E-state index in [9.17, 15) is 13.2 Å². The molecule has 30 heavy (non-hydrogen) atoms. The van der Waals surface area contributed by atoms with E-state index in [-0.39, 0.29) is 29.7 Å². The molecule has 0 spiro atoms. The molecule has 0 saturated heterocycles. The maximum absolute atomic E-state index is 12.2. The van der Waals surface area contributed by atoms with Crippen LogP contribution in [0, 0.1) is 0 Å². The topological polar surface area (TPSA) is 75.8 Å². The fourth-order valence-electron chi connectivity index (χ4n) is 2.63. The first kappa shape index (κ1) is 23.7. The molecule has 0 aliphatic rings. The molecule has 2 aromatic heterocycles. The van der Waals surface area contributed by atoms with Crippen LogP contribution in [0.15, 0.2) is 53.7 Å². The molecule has 2 N–H and O–H groups in total. The highest BCUT2D eigenvalue weighted by molar-refractivity contribution is 14.0. The van der Waals surface area contributed by atoms with Crippen molar-refractivity contribution in [1.29, 1.82) is 0 Å². The van der Waals surface area contributed by atoms with Crippen molar-refractivity contribution in [1.82, 2.24) is 25.2 Å². The average Bonchev–Trinajstić information content (AvgIpc) is 3.12. The Bertz CT molecular complexity index is 959. The maximum atomic E-state index is 12.2. The number of aliphatic imine (C=N–C) groups is 1. The number of alkyl halides is 3. The number of rotatable bonds is 7. The SMILES string of the molecule is CN=C(NCCc1nnc2ccccn12)NCc1ccc(OCC(F)(F)F)cc1.I. The zero-order valence-electron chi connectivity index (χ0n) is 16.2. The molecule has 0 fully saturated rings. The van der Waals surface area contributed by atoms with Gasteiger partial charge in [-0.25, -0.2) is 0 Å². The third kappa shape index (κ3) is 7.04. The number of ether oxygens (including phenoxy) is 1. The lowest BCUT2D eigenvalue weighted by molar-refractivity contribution is -0.153. The van der Waals surface area contributed by atoms with Crippen LogP contribution in [0.2, 0.25) is 0 Å². The van der Waals surface area contributed by atoms with E-state index in [2.05, 4.69) is 25.8 Å². The number of halogens is 4. The van der Waals surface area contributed by atoms with Crippen LogP contribution in [0.25, 0.3) is 5.65 Å². The molecular weight excluding hydrogens is 512 g/mol. The smallest absolute Gasteiger partial charge is 0.422 e. The molecule has 0 unspecified atom stereocenters. The Kier molecular flexibility index (Phi) is 8.69. The summed E-state index contributed by atoms with van der Waals surface area (Å²) in [5.41, 5.74) is 1.68. The molecule has 0 aliphatic carbocycles. The molecular formula is C19H22F3IN6O. The molecule has 0 atom stereocenters. The minimum Gasteiger partial charge on any atom is -0.484 e. The van der Waals surface area contributed by atoms with Gasteiger partial charge in [0.1, 0.15) is 11.6 Å². The maximum Gasteiger partial charge on any atom is 0.422 e. The normalized spacial score (nSPS) is 11.8. The second kappa shape index (κ2) is 11.0. The van der Waals surface area contributed by atoms with Crippen LogP contribution in [0.1, 0.15) is 11.4 Å². The summed E-state index contributed by atoms with van der Waals surface area (Å²) >= 11 is 0. The summed E-state index contributed by atoms with van der Waals surface area (Å²) in [7, 11) is 1.66. The van der Waals surface area contributed by atoms with Crippen LogP contribution in [-0.2, 0) is 13.0 Å². The molecule has 0 aliphatic heterocycles. The van der Waals surface area contributed by atoms with E-state index in [1.807, 2.05) is 28.8 Å².